The molecule has 2 atom stereocenters. The molecule has 112 valence electrons. The van der Waals surface area contributed by atoms with Gasteiger partial charge in [0.05, 0.1) is 0 Å². The Labute approximate surface area is 123 Å². The average Bonchev–Trinajstić information content (AvgIpc) is 3.09. The van der Waals surface area contributed by atoms with Crippen molar-refractivity contribution in [1.29, 1.82) is 0 Å². The summed E-state index contributed by atoms with van der Waals surface area (Å²) in [4.78, 5) is 2.23. The Bertz CT molecular complexity index is 368. The molecule has 0 spiro atoms. The molecule has 2 aliphatic rings. The van der Waals surface area contributed by atoms with E-state index in [0.29, 0.717) is 11.1 Å². The molecule has 2 rings (SSSR count). The highest BCUT2D eigenvalue weighted by Gasteiger charge is 2.60. The van der Waals surface area contributed by atoms with Crippen molar-refractivity contribution in [1.82, 2.24) is 19.3 Å². The van der Waals surface area contributed by atoms with E-state index < -0.39 is 6.49 Å². The van der Waals surface area contributed by atoms with Crippen LogP contribution in [0.4, 0.5) is 0 Å². The molecule has 0 radical (unpaired) electrons. The molecule has 0 aromatic heterocycles. The van der Waals surface area contributed by atoms with Crippen molar-refractivity contribution in [2.24, 2.45) is 0 Å². The van der Waals surface area contributed by atoms with Gasteiger partial charge in [0.15, 0.2) is 0 Å². The first-order valence-corrected chi connectivity index (χ1v) is 9.86. The number of rotatable bonds is 7. The second-order valence-electron chi connectivity index (χ2n) is 7.35. The van der Waals surface area contributed by atoms with Gasteiger partial charge in [-0.25, -0.2) is 9.34 Å². The monoisotopic (exact) mass is 304 g/mol. The minimum Gasteiger partial charge on any atom is -0.309 e. The number of hydrogen-bond donors (Lipinski definition) is 1. The van der Waals surface area contributed by atoms with E-state index in [1.807, 2.05) is 0 Å². The van der Waals surface area contributed by atoms with Crippen LogP contribution < -0.4 is 5.09 Å². The maximum atomic E-state index is 6.09. The smallest absolute Gasteiger partial charge is 0.144 e. The van der Waals surface area contributed by atoms with Crippen LogP contribution in [0, 0.1) is 0 Å². The van der Waals surface area contributed by atoms with Crippen LogP contribution in [0.2, 0.25) is 0 Å². The van der Waals surface area contributed by atoms with Crippen molar-refractivity contribution >= 4 is 18.3 Å². The highest BCUT2D eigenvalue weighted by atomic mass is 32.4. The summed E-state index contributed by atoms with van der Waals surface area (Å²) in [6.45, 7) is 11.9. The summed E-state index contributed by atoms with van der Waals surface area (Å²) in [7, 11) is 4.24. The molecule has 4 nitrogen and oxygen atoms in total. The zero-order valence-electron chi connectivity index (χ0n) is 13.2. The van der Waals surface area contributed by atoms with Crippen molar-refractivity contribution < 1.29 is 0 Å². The predicted molar refractivity (Wildman–Crippen MR) is 87.0 cm³/mol. The van der Waals surface area contributed by atoms with Crippen LogP contribution in [0.15, 0.2) is 0 Å². The zero-order chi connectivity index (χ0) is 14.5. The van der Waals surface area contributed by atoms with Crippen LogP contribution in [0.1, 0.15) is 34.1 Å². The Kier molecular flexibility index (Phi) is 4.21. The summed E-state index contributed by atoms with van der Waals surface area (Å²) in [5.41, 5.74) is 0.589. The SMILES string of the molecule is CN(C)CCCNP(=S)(N1CC1(C)C)N1CC1(C)C. The molecule has 0 saturated carbocycles. The van der Waals surface area contributed by atoms with E-state index >= 15 is 0 Å². The fourth-order valence-electron chi connectivity index (χ4n) is 2.51. The van der Waals surface area contributed by atoms with Crippen LogP contribution in [-0.4, -0.2) is 65.6 Å². The predicted octanol–water partition coefficient (Wildman–Crippen LogP) is 1.94. The Morgan fingerprint density at radius 2 is 1.53 bits per heavy atom. The first kappa shape index (κ1) is 15.9. The van der Waals surface area contributed by atoms with Crippen molar-refractivity contribution in [3.8, 4) is 0 Å². The first-order chi connectivity index (χ1) is 8.59. The summed E-state index contributed by atoms with van der Waals surface area (Å²) >= 11 is 6.09. The lowest BCUT2D eigenvalue weighted by Crippen LogP contribution is -2.28. The van der Waals surface area contributed by atoms with Crippen molar-refractivity contribution in [2.75, 3.05) is 40.3 Å². The molecule has 6 heteroatoms. The normalized spacial score (nSPS) is 34.1. The van der Waals surface area contributed by atoms with Crippen LogP contribution >= 0.6 is 6.49 Å². The summed E-state index contributed by atoms with van der Waals surface area (Å²) in [6.07, 6.45) is 1.16. The molecule has 0 bridgehead atoms. The van der Waals surface area contributed by atoms with Crippen LogP contribution in [0.3, 0.4) is 0 Å². The molecule has 0 aromatic carbocycles. The summed E-state index contributed by atoms with van der Waals surface area (Å²) in [6, 6.07) is 0. The molecule has 0 aromatic rings. The second kappa shape index (κ2) is 5.04. The van der Waals surface area contributed by atoms with Crippen LogP contribution in [-0.2, 0) is 11.8 Å². The van der Waals surface area contributed by atoms with E-state index in [1.165, 1.54) is 0 Å². The number of hydrogen-bond acceptors (Lipinski definition) is 2. The molecule has 2 saturated heterocycles. The van der Waals surface area contributed by atoms with Crippen LogP contribution in [0.5, 0.6) is 0 Å². The third-order valence-corrected chi connectivity index (χ3v) is 8.90. The lowest BCUT2D eigenvalue weighted by Gasteiger charge is -2.30. The highest BCUT2D eigenvalue weighted by Crippen LogP contribution is 2.67. The molecule has 2 fully saturated rings. The summed E-state index contributed by atoms with van der Waals surface area (Å²) < 4.78 is 5.03. The van der Waals surface area contributed by atoms with Crippen molar-refractivity contribution in [3.63, 3.8) is 0 Å². The van der Waals surface area contributed by atoms with E-state index in [9.17, 15) is 0 Å². The zero-order valence-corrected chi connectivity index (χ0v) is 14.9. The molecular weight excluding hydrogens is 275 g/mol. The average molecular weight is 304 g/mol. The summed E-state index contributed by atoms with van der Waals surface area (Å²) in [5.74, 6) is 0. The van der Waals surface area contributed by atoms with Gasteiger partial charge < -0.3 is 4.90 Å². The van der Waals surface area contributed by atoms with Gasteiger partial charge in [0.2, 0.25) is 0 Å². The van der Waals surface area contributed by atoms with E-state index in [2.05, 4.69) is 61.1 Å². The first-order valence-electron chi connectivity index (χ1n) is 7.16. The molecule has 2 aliphatic heterocycles. The standard InChI is InChI=1S/C13H29N4PS/c1-12(2)10-16(12)18(19,17-11-13(17,3)4)14-8-7-9-15(5)6/h7-11H2,1-6H3,(H,14,19). The molecular formula is C13H29N4PS. The lowest BCUT2D eigenvalue weighted by atomic mass is 10.2. The highest BCUT2D eigenvalue weighted by molar-refractivity contribution is 8.11. The third kappa shape index (κ3) is 3.39. The minimum atomic E-state index is -1.71. The fraction of sp³-hybridized carbons (Fsp3) is 1.00. The fourth-order valence-corrected chi connectivity index (χ4v) is 8.05. The molecule has 0 aliphatic carbocycles. The van der Waals surface area contributed by atoms with E-state index in [1.54, 1.807) is 0 Å². The van der Waals surface area contributed by atoms with E-state index in [4.69, 9.17) is 11.8 Å². The summed E-state index contributed by atoms with van der Waals surface area (Å²) in [5, 5.41) is 3.74. The van der Waals surface area contributed by atoms with Gasteiger partial charge in [0, 0.05) is 30.7 Å². The van der Waals surface area contributed by atoms with Gasteiger partial charge >= 0.3 is 0 Å². The van der Waals surface area contributed by atoms with Gasteiger partial charge in [-0.1, -0.05) is 0 Å². The van der Waals surface area contributed by atoms with Crippen LogP contribution in [0.25, 0.3) is 0 Å². The number of nitrogens with one attached hydrogen (secondary N) is 1. The van der Waals surface area contributed by atoms with Gasteiger partial charge in [-0.15, -0.1) is 0 Å². The Balaban J connectivity index is 1.95. The maximum absolute atomic E-state index is 6.09. The lowest BCUT2D eigenvalue weighted by molar-refractivity contribution is 0.399. The van der Waals surface area contributed by atoms with Gasteiger partial charge in [-0.2, -0.15) is 0 Å². The molecule has 2 unspecified atom stereocenters. The van der Waals surface area contributed by atoms with E-state index in [0.717, 1.165) is 32.6 Å². The molecule has 2 heterocycles. The van der Waals surface area contributed by atoms with Gasteiger partial charge in [0.1, 0.15) is 6.49 Å². The van der Waals surface area contributed by atoms with Gasteiger partial charge in [0.25, 0.3) is 0 Å². The maximum Gasteiger partial charge on any atom is 0.144 e. The van der Waals surface area contributed by atoms with Crippen molar-refractivity contribution in [2.45, 2.75) is 45.2 Å². The second-order valence-corrected chi connectivity index (χ2v) is 11.2. The van der Waals surface area contributed by atoms with Gasteiger partial charge in [-0.05, 0) is 66.6 Å². The Morgan fingerprint density at radius 3 is 1.84 bits per heavy atom. The minimum absolute atomic E-state index is 0.294. The van der Waals surface area contributed by atoms with Gasteiger partial charge in [-0.3, -0.25) is 5.09 Å². The Hall–Kier alpha value is 0.490. The number of nitrogens with zero attached hydrogens (tertiary/aromatic N) is 3. The quantitative estimate of drug-likeness (QED) is 0.439. The van der Waals surface area contributed by atoms with E-state index in [-0.39, 0.29) is 0 Å². The largest absolute Gasteiger partial charge is 0.309 e. The molecule has 1 N–H and O–H groups in total. The topological polar surface area (TPSA) is 21.3 Å². The molecule has 0 amide bonds. The Morgan fingerprint density at radius 1 is 1.11 bits per heavy atom. The third-order valence-electron chi connectivity index (χ3n) is 4.02. The van der Waals surface area contributed by atoms with Crippen molar-refractivity contribution in [3.05, 3.63) is 0 Å². The molecule has 19 heavy (non-hydrogen) atoms.